The number of likely N-dealkylation sites (N-methyl/N-ethyl adjacent to an activating group) is 1. The van der Waals surface area contributed by atoms with Crippen LogP contribution in [0.3, 0.4) is 0 Å². The average molecular weight is 267 g/mol. The van der Waals surface area contributed by atoms with Crippen molar-refractivity contribution in [1.29, 1.82) is 0 Å². The Labute approximate surface area is 113 Å². The Morgan fingerprint density at radius 3 is 2.83 bits per heavy atom. The Bertz CT molecular complexity index is 459. The number of halogens is 1. The number of hydrogen-bond acceptors (Lipinski definition) is 3. The van der Waals surface area contributed by atoms with Crippen molar-refractivity contribution in [2.24, 2.45) is 5.41 Å². The lowest BCUT2D eigenvalue weighted by Gasteiger charge is -2.38. The van der Waals surface area contributed by atoms with E-state index in [9.17, 15) is 4.79 Å². The third kappa shape index (κ3) is 2.43. The summed E-state index contributed by atoms with van der Waals surface area (Å²) in [6.07, 6.45) is 3.32. The molecule has 98 valence electrons. The van der Waals surface area contributed by atoms with Crippen molar-refractivity contribution in [2.75, 3.05) is 7.05 Å². The monoisotopic (exact) mass is 266 g/mol. The van der Waals surface area contributed by atoms with Crippen LogP contribution in [0.2, 0.25) is 5.15 Å². The highest BCUT2D eigenvalue weighted by Crippen LogP contribution is 2.42. The number of rotatable bonds is 2. The van der Waals surface area contributed by atoms with Gasteiger partial charge in [-0.05, 0) is 37.4 Å². The summed E-state index contributed by atoms with van der Waals surface area (Å²) in [5.74, 6) is 0.581. The summed E-state index contributed by atoms with van der Waals surface area (Å²) in [7, 11) is 1.84. The van der Waals surface area contributed by atoms with Crippen LogP contribution < -0.4 is 5.32 Å². The Hall–Kier alpha value is -0.930. The van der Waals surface area contributed by atoms with Crippen molar-refractivity contribution in [1.82, 2.24) is 10.3 Å². The number of Topliss-reactive ketones (excluding diaryl/α,β-unsaturated/α-hetero) is 1. The first-order valence-corrected chi connectivity index (χ1v) is 6.65. The second-order valence-corrected chi connectivity index (χ2v) is 5.97. The molecule has 0 saturated heterocycles. The van der Waals surface area contributed by atoms with Crippen molar-refractivity contribution in [3.8, 4) is 0 Å². The first-order valence-electron chi connectivity index (χ1n) is 6.27. The van der Waals surface area contributed by atoms with Crippen LogP contribution in [-0.2, 0) is 4.79 Å². The number of hydrogen-bond donors (Lipinski definition) is 1. The van der Waals surface area contributed by atoms with Gasteiger partial charge in [0.1, 0.15) is 5.15 Å². The van der Waals surface area contributed by atoms with Gasteiger partial charge in [0, 0.05) is 11.6 Å². The lowest BCUT2D eigenvalue weighted by molar-refractivity contribution is -0.132. The van der Waals surface area contributed by atoms with E-state index in [2.05, 4.69) is 10.3 Å². The lowest BCUT2D eigenvalue weighted by atomic mass is 9.67. The maximum absolute atomic E-state index is 12.2. The molecule has 1 fully saturated rings. The van der Waals surface area contributed by atoms with E-state index in [1.807, 2.05) is 33.0 Å². The molecule has 0 amide bonds. The predicted molar refractivity (Wildman–Crippen MR) is 72.9 cm³/mol. The Kier molecular flexibility index (Phi) is 3.74. The normalized spacial score (nSPS) is 27.2. The van der Waals surface area contributed by atoms with Crippen LogP contribution in [0.4, 0.5) is 0 Å². The van der Waals surface area contributed by atoms with Gasteiger partial charge in [0.2, 0.25) is 0 Å². The predicted octanol–water partition coefficient (Wildman–Crippen LogP) is 2.80. The van der Waals surface area contributed by atoms with E-state index in [0.717, 1.165) is 18.4 Å². The molecule has 2 unspecified atom stereocenters. The zero-order valence-electron chi connectivity index (χ0n) is 11.0. The highest BCUT2D eigenvalue weighted by molar-refractivity contribution is 6.30. The lowest BCUT2D eigenvalue weighted by Crippen LogP contribution is -2.48. The molecule has 4 heteroatoms. The maximum atomic E-state index is 12.2. The quantitative estimate of drug-likeness (QED) is 0.837. The Morgan fingerprint density at radius 1 is 1.50 bits per heavy atom. The van der Waals surface area contributed by atoms with E-state index < -0.39 is 0 Å². The molecule has 1 heterocycles. The van der Waals surface area contributed by atoms with E-state index in [-0.39, 0.29) is 17.4 Å². The zero-order chi connectivity index (χ0) is 13.3. The molecule has 1 aliphatic carbocycles. The molecule has 0 radical (unpaired) electrons. The van der Waals surface area contributed by atoms with Crippen molar-refractivity contribution in [2.45, 2.75) is 38.6 Å². The largest absolute Gasteiger partial charge is 0.311 e. The molecule has 2 rings (SSSR count). The number of ketones is 1. The maximum Gasteiger partial charge on any atom is 0.155 e. The zero-order valence-corrected chi connectivity index (χ0v) is 11.8. The molecule has 0 spiro atoms. The van der Waals surface area contributed by atoms with Gasteiger partial charge in [0.15, 0.2) is 5.78 Å². The number of pyridine rings is 1. The van der Waals surface area contributed by atoms with Gasteiger partial charge in [-0.2, -0.15) is 0 Å². The highest BCUT2D eigenvalue weighted by Gasteiger charge is 2.42. The molecule has 1 saturated carbocycles. The minimum atomic E-state index is -0.310. The van der Waals surface area contributed by atoms with Crippen LogP contribution in [0.5, 0.6) is 0 Å². The third-order valence-corrected chi connectivity index (χ3v) is 4.15. The third-order valence-electron chi connectivity index (χ3n) is 3.84. The summed E-state index contributed by atoms with van der Waals surface area (Å²) in [6, 6.07) is 3.83. The summed E-state index contributed by atoms with van der Waals surface area (Å²) >= 11 is 6.16. The van der Waals surface area contributed by atoms with Gasteiger partial charge >= 0.3 is 0 Å². The molecule has 18 heavy (non-hydrogen) atoms. The number of carbonyl (C=O) groups excluding carboxylic acids is 1. The standard InChI is InChI=1S/C14H19ClN2O/c1-14(2)8-9(7-11(16-3)12(14)18)10-5-4-6-17-13(10)15/h4-6,9,11,16H,7-8H2,1-3H3. The van der Waals surface area contributed by atoms with Crippen LogP contribution in [-0.4, -0.2) is 23.9 Å². The molecule has 0 aliphatic heterocycles. The van der Waals surface area contributed by atoms with Crippen LogP contribution in [0.1, 0.15) is 38.2 Å². The molecule has 0 bridgehead atoms. The molecular weight excluding hydrogens is 248 g/mol. The van der Waals surface area contributed by atoms with Gasteiger partial charge in [-0.3, -0.25) is 4.79 Å². The highest BCUT2D eigenvalue weighted by atomic mass is 35.5. The molecule has 1 aromatic heterocycles. The second kappa shape index (κ2) is 4.98. The van der Waals surface area contributed by atoms with Crippen molar-refractivity contribution in [3.05, 3.63) is 29.0 Å². The van der Waals surface area contributed by atoms with Crippen LogP contribution in [0.25, 0.3) is 0 Å². The fourth-order valence-corrected chi connectivity index (χ4v) is 3.13. The van der Waals surface area contributed by atoms with E-state index in [0.29, 0.717) is 10.9 Å². The van der Waals surface area contributed by atoms with Crippen molar-refractivity contribution >= 4 is 17.4 Å². The van der Waals surface area contributed by atoms with Gasteiger partial charge in [-0.1, -0.05) is 31.5 Å². The topological polar surface area (TPSA) is 42.0 Å². The van der Waals surface area contributed by atoms with E-state index in [1.54, 1.807) is 6.20 Å². The molecular formula is C14H19ClN2O. The first-order chi connectivity index (χ1) is 8.45. The van der Waals surface area contributed by atoms with E-state index in [4.69, 9.17) is 11.6 Å². The summed E-state index contributed by atoms with van der Waals surface area (Å²) < 4.78 is 0. The molecule has 1 aromatic rings. The fourth-order valence-electron chi connectivity index (χ4n) is 2.85. The van der Waals surface area contributed by atoms with Gasteiger partial charge in [-0.25, -0.2) is 4.98 Å². The van der Waals surface area contributed by atoms with Crippen LogP contribution >= 0.6 is 11.6 Å². The molecule has 1 aliphatic rings. The van der Waals surface area contributed by atoms with Gasteiger partial charge in [-0.15, -0.1) is 0 Å². The number of nitrogens with one attached hydrogen (secondary N) is 1. The van der Waals surface area contributed by atoms with Gasteiger partial charge in [0.05, 0.1) is 6.04 Å². The molecule has 3 nitrogen and oxygen atoms in total. The minimum Gasteiger partial charge on any atom is -0.311 e. The Morgan fingerprint density at radius 2 is 2.22 bits per heavy atom. The molecule has 1 N–H and O–H groups in total. The Balaban J connectivity index is 2.31. The fraction of sp³-hybridized carbons (Fsp3) is 0.571. The number of carbonyl (C=O) groups is 1. The smallest absolute Gasteiger partial charge is 0.155 e. The number of aromatic nitrogens is 1. The summed E-state index contributed by atoms with van der Waals surface area (Å²) in [4.78, 5) is 16.4. The summed E-state index contributed by atoms with van der Waals surface area (Å²) in [5, 5.41) is 3.67. The van der Waals surface area contributed by atoms with Crippen molar-refractivity contribution in [3.63, 3.8) is 0 Å². The second-order valence-electron chi connectivity index (χ2n) is 5.61. The molecule has 0 aromatic carbocycles. The number of nitrogens with zero attached hydrogens (tertiary/aromatic N) is 1. The van der Waals surface area contributed by atoms with E-state index in [1.165, 1.54) is 0 Å². The van der Waals surface area contributed by atoms with Gasteiger partial charge < -0.3 is 5.32 Å². The molecule has 2 atom stereocenters. The summed E-state index contributed by atoms with van der Waals surface area (Å²) in [6.45, 7) is 4.02. The minimum absolute atomic E-state index is 0.0879. The van der Waals surface area contributed by atoms with Crippen LogP contribution in [0.15, 0.2) is 18.3 Å². The SMILES string of the molecule is CNC1CC(c2cccnc2Cl)CC(C)(C)C1=O. The van der Waals surface area contributed by atoms with Crippen molar-refractivity contribution < 1.29 is 4.79 Å². The van der Waals surface area contributed by atoms with Crippen LogP contribution in [0, 0.1) is 5.41 Å². The first kappa shape index (κ1) is 13.5. The summed E-state index contributed by atoms with van der Waals surface area (Å²) in [5.41, 5.74) is 0.746. The van der Waals surface area contributed by atoms with E-state index >= 15 is 0 Å². The van der Waals surface area contributed by atoms with Gasteiger partial charge in [0.25, 0.3) is 0 Å². The average Bonchev–Trinajstić information content (AvgIpc) is 2.33.